The Bertz CT molecular complexity index is 2090. The van der Waals surface area contributed by atoms with Gasteiger partial charge in [0.05, 0.1) is 11.7 Å². The zero-order chi connectivity index (χ0) is 32.0. The summed E-state index contributed by atoms with van der Waals surface area (Å²) in [5.41, 5.74) is 19.0. The van der Waals surface area contributed by atoms with Crippen LogP contribution in [0.25, 0.3) is 39.8 Å². The van der Waals surface area contributed by atoms with Crippen LogP contribution >= 0.6 is 0 Å². The Hall–Kier alpha value is -5.35. The van der Waals surface area contributed by atoms with Gasteiger partial charge in [-0.05, 0) is 75.7 Å². The smallest absolute Gasteiger partial charge is 0.143 e. The van der Waals surface area contributed by atoms with E-state index in [4.69, 9.17) is 15.1 Å². The normalized spacial score (nSPS) is 22.1. The number of amidine groups is 1. The lowest BCUT2D eigenvalue weighted by Crippen LogP contribution is -2.30. The molecule has 0 bridgehead atoms. The first kappa shape index (κ1) is 29.4. The molecule has 4 aromatic rings. The topological polar surface area (TPSA) is 54.8 Å². The lowest BCUT2D eigenvalue weighted by Gasteiger charge is -2.29. The summed E-state index contributed by atoms with van der Waals surface area (Å²) in [6, 6.07) is 23.6. The summed E-state index contributed by atoms with van der Waals surface area (Å²) in [6.45, 7) is 13.1. The maximum atomic E-state index is 6.91. The predicted molar refractivity (Wildman–Crippen MR) is 194 cm³/mol. The minimum atomic E-state index is -0.0507. The van der Waals surface area contributed by atoms with E-state index in [1.54, 1.807) is 6.08 Å². The SMILES string of the molecule is C=Cc1oc2ccccc2c1/C=C1\CC(=C)/C=C(c2ccc3c(c2)-c2ccccc2C3(C)C)\C=C(\C(N)=NC2C=CC=CC2)N1C. The fourth-order valence-electron chi connectivity index (χ4n) is 6.98. The first-order valence-electron chi connectivity index (χ1n) is 15.9. The maximum Gasteiger partial charge on any atom is 0.143 e. The van der Waals surface area contributed by atoms with Crippen molar-refractivity contribution in [3.05, 3.63) is 161 Å². The summed E-state index contributed by atoms with van der Waals surface area (Å²) in [7, 11) is 2.06. The monoisotopic (exact) mass is 601 g/mol. The van der Waals surface area contributed by atoms with Crippen LogP contribution < -0.4 is 5.73 Å². The van der Waals surface area contributed by atoms with Crippen molar-refractivity contribution < 1.29 is 4.42 Å². The van der Waals surface area contributed by atoms with Gasteiger partial charge < -0.3 is 15.1 Å². The van der Waals surface area contributed by atoms with E-state index < -0.39 is 0 Å². The number of likely N-dealkylation sites (N-methyl/N-ethyl adjacent to an activating group) is 1. The van der Waals surface area contributed by atoms with Gasteiger partial charge >= 0.3 is 0 Å². The number of para-hydroxylation sites is 1. The lowest BCUT2D eigenvalue weighted by molar-refractivity contribution is 0.532. The Kier molecular flexibility index (Phi) is 7.37. The molecule has 4 heteroatoms. The maximum absolute atomic E-state index is 6.91. The summed E-state index contributed by atoms with van der Waals surface area (Å²) >= 11 is 0. The Balaban J connectivity index is 1.37. The standard InChI is InChI=1S/C42H39N3O/c1-6-39-35(33-17-11-13-19-40(33)46-39)26-31-23-27(2)22-29(25-38(45(31)5)41(43)44-30-14-8-7-9-15-30)28-20-21-37-34(24-28)32-16-10-12-18-36(32)42(37,3)4/h6-14,16-22,24-26,30H,1-2,15,23H2,3-5H3,(H2,43,44)/b29-22+,31-26+,38-25-. The fraction of sp³-hybridized carbons (Fsp3) is 0.167. The van der Waals surface area contributed by atoms with Crippen molar-refractivity contribution in [1.82, 2.24) is 4.90 Å². The number of hydrogen-bond acceptors (Lipinski definition) is 3. The van der Waals surface area contributed by atoms with Crippen molar-refractivity contribution in [2.45, 2.75) is 38.1 Å². The van der Waals surface area contributed by atoms with Gasteiger partial charge in [0.2, 0.25) is 0 Å². The molecule has 3 aromatic carbocycles. The quantitative estimate of drug-likeness (QED) is 0.183. The van der Waals surface area contributed by atoms with E-state index in [0.29, 0.717) is 12.3 Å². The summed E-state index contributed by atoms with van der Waals surface area (Å²) in [5.74, 6) is 1.23. The Labute approximate surface area is 271 Å². The molecule has 3 aliphatic rings. The van der Waals surface area contributed by atoms with Crippen molar-refractivity contribution in [2.75, 3.05) is 7.05 Å². The van der Waals surface area contributed by atoms with Crippen molar-refractivity contribution >= 4 is 34.5 Å². The molecular weight excluding hydrogens is 562 g/mol. The number of allylic oxidation sites excluding steroid dienone is 6. The highest BCUT2D eigenvalue weighted by molar-refractivity contribution is 6.01. The number of nitrogens with two attached hydrogens (primary N) is 1. The van der Waals surface area contributed by atoms with Gasteiger partial charge in [-0.25, -0.2) is 0 Å². The second kappa shape index (κ2) is 11.5. The molecule has 2 N–H and O–H groups in total. The molecule has 0 radical (unpaired) electrons. The zero-order valence-electron chi connectivity index (χ0n) is 26.8. The minimum absolute atomic E-state index is 0.0107. The molecule has 0 amide bonds. The van der Waals surface area contributed by atoms with Gasteiger partial charge in [-0.2, -0.15) is 0 Å². The zero-order valence-corrected chi connectivity index (χ0v) is 26.8. The van der Waals surface area contributed by atoms with Crippen LogP contribution in [-0.4, -0.2) is 23.8 Å². The third-order valence-electron chi connectivity index (χ3n) is 9.45. The van der Waals surface area contributed by atoms with Gasteiger partial charge in [-0.3, -0.25) is 4.99 Å². The van der Waals surface area contributed by atoms with Crippen LogP contribution in [0.5, 0.6) is 0 Å². The molecule has 228 valence electrons. The first-order chi connectivity index (χ1) is 22.2. The van der Waals surface area contributed by atoms with Crippen LogP contribution in [-0.2, 0) is 5.41 Å². The Morgan fingerprint density at radius 1 is 1.00 bits per heavy atom. The molecule has 1 aliphatic heterocycles. The van der Waals surface area contributed by atoms with Crippen LogP contribution in [0, 0.1) is 0 Å². The number of fused-ring (bicyclic) bond motifs is 4. The molecule has 0 spiro atoms. The fourth-order valence-corrected chi connectivity index (χ4v) is 6.98. The van der Waals surface area contributed by atoms with Crippen molar-refractivity contribution in [2.24, 2.45) is 10.7 Å². The number of rotatable bonds is 5. The van der Waals surface area contributed by atoms with Crippen molar-refractivity contribution in [3.63, 3.8) is 0 Å². The summed E-state index contributed by atoms with van der Waals surface area (Å²) in [4.78, 5) is 7.14. The Morgan fingerprint density at radius 2 is 1.78 bits per heavy atom. The molecule has 0 saturated carbocycles. The van der Waals surface area contributed by atoms with E-state index in [1.807, 2.05) is 24.3 Å². The van der Waals surface area contributed by atoms with Crippen LogP contribution in [0.15, 0.2) is 143 Å². The summed E-state index contributed by atoms with van der Waals surface area (Å²) in [6.07, 6.45) is 18.0. The predicted octanol–water partition coefficient (Wildman–Crippen LogP) is 9.82. The second-order valence-corrected chi connectivity index (χ2v) is 12.8. The number of aliphatic imine (C=N–C) groups is 1. The molecule has 0 fully saturated rings. The highest BCUT2D eigenvalue weighted by atomic mass is 16.3. The van der Waals surface area contributed by atoms with E-state index >= 15 is 0 Å². The molecule has 4 nitrogen and oxygen atoms in total. The molecule has 0 saturated heterocycles. The molecule has 2 aliphatic carbocycles. The molecule has 1 unspecified atom stereocenters. The van der Waals surface area contributed by atoms with Gasteiger partial charge in [0, 0.05) is 35.5 Å². The highest BCUT2D eigenvalue weighted by Crippen LogP contribution is 2.49. The lowest BCUT2D eigenvalue weighted by atomic mass is 9.82. The highest BCUT2D eigenvalue weighted by Gasteiger charge is 2.35. The summed E-state index contributed by atoms with van der Waals surface area (Å²) in [5, 5.41) is 1.04. The molecular formula is C42H39N3O. The van der Waals surface area contributed by atoms with E-state index in [9.17, 15) is 0 Å². The number of furan rings is 1. The van der Waals surface area contributed by atoms with Crippen LogP contribution in [0.3, 0.4) is 0 Å². The third-order valence-corrected chi connectivity index (χ3v) is 9.45. The first-order valence-corrected chi connectivity index (χ1v) is 15.9. The average molecular weight is 602 g/mol. The van der Waals surface area contributed by atoms with Crippen LogP contribution in [0.4, 0.5) is 0 Å². The number of hydrogen-bond donors (Lipinski definition) is 1. The van der Waals surface area contributed by atoms with Crippen molar-refractivity contribution in [3.8, 4) is 11.1 Å². The molecule has 1 aromatic heterocycles. The van der Waals surface area contributed by atoms with Gasteiger partial charge in [0.25, 0.3) is 0 Å². The number of nitrogens with zero attached hydrogens (tertiary/aromatic N) is 2. The van der Waals surface area contributed by atoms with E-state index in [2.05, 4.69) is 124 Å². The van der Waals surface area contributed by atoms with Gasteiger partial charge in [0.1, 0.15) is 17.2 Å². The van der Waals surface area contributed by atoms with Gasteiger partial charge in [-0.15, -0.1) is 0 Å². The van der Waals surface area contributed by atoms with E-state index in [1.165, 1.54) is 22.3 Å². The number of benzene rings is 3. The van der Waals surface area contributed by atoms with Crippen LogP contribution in [0.1, 0.15) is 54.7 Å². The molecule has 1 atom stereocenters. The minimum Gasteiger partial charge on any atom is -0.456 e. The third kappa shape index (κ3) is 5.10. The van der Waals surface area contributed by atoms with Gasteiger partial charge in [-0.1, -0.05) is 112 Å². The molecule has 46 heavy (non-hydrogen) atoms. The van der Waals surface area contributed by atoms with E-state index in [-0.39, 0.29) is 11.5 Å². The van der Waals surface area contributed by atoms with Crippen molar-refractivity contribution in [1.29, 1.82) is 0 Å². The average Bonchev–Trinajstić information content (AvgIpc) is 3.53. The van der Waals surface area contributed by atoms with Crippen LogP contribution in [0.2, 0.25) is 0 Å². The van der Waals surface area contributed by atoms with E-state index in [0.717, 1.165) is 56.8 Å². The van der Waals surface area contributed by atoms with Gasteiger partial charge in [0.15, 0.2) is 0 Å². The summed E-state index contributed by atoms with van der Waals surface area (Å²) < 4.78 is 6.14. The Morgan fingerprint density at radius 3 is 2.59 bits per heavy atom. The largest absolute Gasteiger partial charge is 0.456 e. The second-order valence-electron chi connectivity index (χ2n) is 12.8. The molecule has 2 heterocycles. The molecule has 7 rings (SSSR count).